The molecule has 2 aromatic rings. The number of nitrogens with two attached hydrogens (primary N) is 1. The first-order chi connectivity index (χ1) is 13.0. The van der Waals surface area contributed by atoms with Crippen LogP contribution in [-0.2, 0) is 14.8 Å². The van der Waals surface area contributed by atoms with E-state index in [0.29, 0.717) is 11.3 Å². The average Bonchev–Trinajstić information content (AvgIpc) is 2.61. The van der Waals surface area contributed by atoms with E-state index in [0.717, 1.165) is 10.4 Å². The van der Waals surface area contributed by atoms with E-state index in [1.54, 1.807) is 25.2 Å². The molecule has 1 amide bonds. The summed E-state index contributed by atoms with van der Waals surface area (Å²) in [5, 5.41) is 4.31. The third-order valence-corrected chi connectivity index (χ3v) is 6.14. The van der Waals surface area contributed by atoms with Crippen LogP contribution in [0, 0.1) is 11.6 Å². The van der Waals surface area contributed by atoms with Crippen molar-refractivity contribution in [3.05, 3.63) is 59.7 Å². The molecule has 0 aliphatic rings. The average molecular weight is 412 g/mol. The Balaban J connectivity index is 2.08. The quantitative estimate of drug-likeness (QED) is 0.728. The second-order valence-electron chi connectivity index (χ2n) is 6.74. The fourth-order valence-corrected chi connectivity index (χ4v) is 3.64. The van der Waals surface area contributed by atoms with Crippen molar-refractivity contribution in [1.82, 2.24) is 4.31 Å². The van der Waals surface area contributed by atoms with Crippen LogP contribution in [0.5, 0.6) is 0 Å². The van der Waals surface area contributed by atoms with E-state index in [1.165, 1.54) is 44.4 Å². The van der Waals surface area contributed by atoms with E-state index in [1.807, 2.05) is 0 Å². The number of hydrogen-bond donors (Lipinski definition) is 2. The molecule has 2 rings (SSSR count). The van der Waals surface area contributed by atoms with Gasteiger partial charge in [-0.1, -0.05) is 6.07 Å². The fourth-order valence-electron chi connectivity index (χ4n) is 2.70. The highest BCUT2D eigenvalue weighted by Crippen LogP contribution is 2.18. The third kappa shape index (κ3) is 5.12. The van der Waals surface area contributed by atoms with Gasteiger partial charge in [-0.3, -0.25) is 4.79 Å². The van der Waals surface area contributed by atoms with Crippen molar-refractivity contribution in [2.24, 2.45) is 0 Å². The number of nitrogens with zero attached hydrogens (tertiary/aromatic N) is 1. The smallest absolute Gasteiger partial charge is 0.282 e. The van der Waals surface area contributed by atoms with E-state index in [-0.39, 0.29) is 10.8 Å². The second kappa shape index (κ2) is 8.76. The first-order valence-electron chi connectivity index (χ1n) is 8.65. The van der Waals surface area contributed by atoms with Crippen molar-refractivity contribution in [2.75, 3.05) is 19.4 Å². The molecule has 9 heteroatoms. The van der Waals surface area contributed by atoms with Gasteiger partial charge in [0.25, 0.3) is 5.91 Å². The van der Waals surface area contributed by atoms with Crippen LogP contribution in [-0.4, -0.2) is 38.8 Å². The molecular weight excluding hydrogens is 388 g/mol. The van der Waals surface area contributed by atoms with Crippen LogP contribution in [0.1, 0.15) is 25.5 Å². The van der Waals surface area contributed by atoms with Gasteiger partial charge in [-0.2, -0.15) is 0 Å². The minimum absolute atomic E-state index is 0.0636. The van der Waals surface area contributed by atoms with Gasteiger partial charge in [0.2, 0.25) is 10.0 Å². The van der Waals surface area contributed by atoms with Crippen molar-refractivity contribution in [1.29, 1.82) is 0 Å². The Labute approximate surface area is 163 Å². The molecular formula is C19H24F2N3O3S+. The molecule has 152 valence electrons. The largest absolute Gasteiger partial charge is 0.330 e. The summed E-state index contributed by atoms with van der Waals surface area (Å²) in [6, 6.07) is 8.27. The van der Waals surface area contributed by atoms with Crippen molar-refractivity contribution < 1.29 is 27.3 Å². The Bertz CT molecular complexity index is 965. The monoisotopic (exact) mass is 412 g/mol. The van der Waals surface area contributed by atoms with E-state index >= 15 is 0 Å². The lowest BCUT2D eigenvalue weighted by molar-refractivity contribution is -0.710. The topological polar surface area (TPSA) is 83.1 Å². The number of rotatable bonds is 7. The van der Waals surface area contributed by atoms with Crippen molar-refractivity contribution in [3.63, 3.8) is 0 Å². The number of amides is 1. The fraction of sp³-hybridized carbons (Fsp3) is 0.316. The molecule has 28 heavy (non-hydrogen) atoms. The van der Waals surface area contributed by atoms with E-state index in [9.17, 15) is 22.0 Å². The molecule has 0 aromatic heterocycles. The summed E-state index contributed by atoms with van der Waals surface area (Å²) in [6.45, 7) is 3.36. The van der Waals surface area contributed by atoms with Crippen LogP contribution in [0.15, 0.2) is 47.4 Å². The van der Waals surface area contributed by atoms with Gasteiger partial charge in [-0.05, 0) is 44.2 Å². The lowest BCUT2D eigenvalue weighted by Gasteiger charge is -2.18. The lowest BCUT2D eigenvalue weighted by Crippen LogP contribution is -2.91. The highest BCUT2D eigenvalue weighted by atomic mass is 32.2. The molecule has 0 bridgehead atoms. The molecule has 0 saturated heterocycles. The van der Waals surface area contributed by atoms with Gasteiger partial charge in [0.05, 0.1) is 4.90 Å². The second-order valence-corrected chi connectivity index (χ2v) is 8.89. The zero-order chi connectivity index (χ0) is 21.1. The number of quaternary nitrogens is 1. The number of halogens is 2. The van der Waals surface area contributed by atoms with Crippen LogP contribution in [0.3, 0.4) is 0 Å². The molecule has 3 N–H and O–H groups in total. The SMILES string of the molecule is C[C@H]([NH2+][C@H](C)C(=O)Nc1cccc(S(=O)(=O)N(C)C)c1)c1ccc(F)cc1F. The van der Waals surface area contributed by atoms with Gasteiger partial charge in [0, 0.05) is 31.4 Å². The number of nitrogens with one attached hydrogen (secondary N) is 1. The van der Waals surface area contributed by atoms with Crippen molar-refractivity contribution in [3.8, 4) is 0 Å². The van der Waals surface area contributed by atoms with E-state index in [2.05, 4.69) is 5.32 Å². The van der Waals surface area contributed by atoms with E-state index in [4.69, 9.17) is 0 Å². The maximum atomic E-state index is 13.9. The number of carbonyl (C=O) groups is 1. The van der Waals surface area contributed by atoms with Crippen molar-refractivity contribution in [2.45, 2.75) is 30.8 Å². The summed E-state index contributed by atoms with van der Waals surface area (Å²) in [6.07, 6.45) is 0. The zero-order valence-corrected chi connectivity index (χ0v) is 16.9. The summed E-state index contributed by atoms with van der Waals surface area (Å²) < 4.78 is 52.4. The molecule has 2 aromatic carbocycles. The van der Waals surface area contributed by atoms with Gasteiger partial charge in [0.1, 0.15) is 17.7 Å². The van der Waals surface area contributed by atoms with Gasteiger partial charge < -0.3 is 10.6 Å². The number of carbonyl (C=O) groups excluding carboxylic acids is 1. The maximum absolute atomic E-state index is 13.9. The molecule has 0 fully saturated rings. The first-order valence-corrected chi connectivity index (χ1v) is 10.1. The maximum Gasteiger partial charge on any atom is 0.282 e. The third-order valence-electron chi connectivity index (χ3n) is 4.32. The summed E-state index contributed by atoms with van der Waals surface area (Å²) in [4.78, 5) is 12.5. The summed E-state index contributed by atoms with van der Waals surface area (Å²) >= 11 is 0. The van der Waals surface area contributed by atoms with Crippen molar-refractivity contribution >= 4 is 21.6 Å². The molecule has 0 saturated carbocycles. The molecule has 0 spiro atoms. The predicted molar refractivity (Wildman–Crippen MR) is 102 cm³/mol. The normalized spacial score (nSPS) is 14.0. The molecule has 0 unspecified atom stereocenters. The summed E-state index contributed by atoms with van der Waals surface area (Å²) in [5.74, 6) is -1.70. The van der Waals surface area contributed by atoms with Crippen LogP contribution in [0.2, 0.25) is 0 Å². The lowest BCUT2D eigenvalue weighted by atomic mass is 10.1. The standard InChI is InChI=1S/C19H23F2N3O3S/c1-12(17-9-8-14(20)10-18(17)21)22-13(2)19(25)23-15-6-5-7-16(11-15)28(26,27)24(3)4/h5-13,22H,1-4H3,(H,23,25)/p+1/t12-,13+/m0/s1. The molecule has 0 aliphatic heterocycles. The number of sulfonamides is 1. The number of hydrogen-bond acceptors (Lipinski definition) is 3. The number of benzene rings is 2. The van der Waals surface area contributed by atoms with Crippen LogP contribution < -0.4 is 10.6 Å². The highest BCUT2D eigenvalue weighted by Gasteiger charge is 2.23. The highest BCUT2D eigenvalue weighted by molar-refractivity contribution is 7.89. The summed E-state index contributed by atoms with van der Waals surface area (Å²) in [5.41, 5.74) is 0.633. The van der Waals surface area contributed by atoms with Crippen LogP contribution >= 0.6 is 0 Å². The first kappa shape index (κ1) is 21.9. The Morgan fingerprint density at radius 3 is 2.39 bits per heavy atom. The molecule has 2 atom stereocenters. The van der Waals surface area contributed by atoms with E-state index < -0.39 is 33.7 Å². The number of anilines is 1. The van der Waals surface area contributed by atoms with Gasteiger partial charge >= 0.3 is 0 Å². The molecule has 0 heterocycles. The van der Waals surface area contributed by atoms with Crippen LogP contribution in [0.4, 0.5) is 14.5 Å². The Morgan fingerprint density at radius 1 is 1.11 bits per heavy atom. The van der Waals surface area contributed by atoms with Gasteiger partial charge in [0.15, 0.2) is 6.04 Å². The predicted octanol–water partition coefficient (Wildman–Crippen LogP) is 1.87. The Morgan fingerprint density at radius 2 is 1.79 bits per heavy atom. The van der Waals surface area contributed by atoms with Gasteiger partial charge in [-0.15, -0.1) is 0 Å². The zero-order valence-electron chi connectivity index (χ0n) is 16.1. The minimum Gasteiger partial charge on any atom is -0.330 e. The Kier molecular flexibility index (Phi) is 6.87. The Hall–Kier alpha value is -2.36. The molecule has 0 radical (unpaired) electrons. The molecule has 6 nitrogen and oxygen atoms in total. The minimum atomic E-state index is -3.62. The van der Waals surface area contributed by atoms with Gasteiger partial charge in [-0.25, -0.2) is 21.5 Å². The van der Waals surface area contributed by atoms with Crippen LogP contribution in [0.25, 0.3) is 0 Å². The summed E-state index contributed by atoms with van der Waals surface area (Å²) in [7, 11) is -0.768. The molecule has 0 aliphatic carbocycles.